The predicted molar refractivity (Wildman–Crippen MR) is 84.0 cm³/mol. The summed E-state index contributed by atoms with van der Waals surface area (Å²) < 4.78 is 6.41. The lowest BCUT2D eigenvalue weighted by Crippen LogP contribution is -2.41. The van der Waals surface area contributed by atoms with E-state index in [0.717, 1.165) is 23.9 Å². The Balaban J connectivity index is 1.90. The normalized spacial score (nSPS) is 17.5. The second kappa shape index (κ2) is 7.56. The molecule has 5 nitrogen and oxygen atoms in total. The molecular weight excluding hydrogens is 336 g/mol. The average molecular weight is 355 g/mol. The van der Waals surface area contributed by atoms with Crippen molar-refractivity contribution in [1.82, 2.24) is 4.90 Å². The monoisotopic (exact) mass is 354 g/mol. The van der Waals surface area contributed by atoms with Crippen molar-refractivity contribution in [1.29, 1.82) is 0 Å². The quantitative estimate of drug-likeness (QED) is 0.883. The number of carbonyl (C=O) groups excluding carboxylic acids is 2. The van der Waals surface area contributed by atoms with Crippen molar-refractivity contribution in [3.05, 3.63) is 28.7 Å². The SMILES string of the molecule is CC(=O)N(CC(=O)Nc1cccc(Br)c1)CC1CCCO1. The fourth-order valence-corrected chi connectivity index (χ4v) is 2.68. The van der Waals surface area contributed by atoms with Crippen molar-refractivity contribution in [3.8, 4) is 0 Å². The first-order valence-corrected chi connectivity index (χ1v) is 7.76. The highest BCUT2D eigenvalue weighted by molar-refractivity contribution is 9.10. The summed E-state index contributed by atoms with van der Waals surface area (Å²) in [4.78, 5) is 25.2. The van der Waals surface area contributed by atoms with Crippen molar-refractivity contribution >= 4 is 33.4 Å². The van der Waals surface area contributed by atoms with Gasteiger partial charge in [0.1, 0.15) is 0 Å². The van der Waals surface area contributed by atoms with Gasteiger partial charge in [0.25, 0.3) is 0 Å². The fraction of sp³-hybridized carbons (Fsp3) is 0.467. The molecule has 0 bridgehead atoms. The number of benzene rings is 1. The maximum Gasteiger partial charge on any atom is 0.243 e. The van der Waals surface area contributed by atoms with Gasteiger partial charge in [0.15, 0.2) is 0 Å². The van der Waals surface area contributed by atoms with Crippen LogP contribution < -0.4 is 5.32 Å². The number of hydrogen-bond acceptors (Lipinski definition) is 3. The van der Waals surface area contributed by atoms with E-state index in [1.54, 1.807) is 6.07 Å². The third-order valence-electron chi connectivity index (χ3n) is 3.34. The Morgan fingerprint density at radius 2 is 2.29 bits per heavy atom. The molecule has 0 aliphatic carbocycles. The number of hydrogen-bond donors (Lipinski definition) is 1. The number of nitrogens with zero attached hydrogens (tertiary/aromatic N) is 1. The molecule has 1 saturated heterocycles. The van der Waals surface area contributed by atoms with Gasteiger partial charge in [-0.25, -0.2) is 0 Å². The first kappa shape index (κ1) is 16.0. The second-order valence-electron chi connectivity index (χ2n) is 5.09. The van der Waals surface area contributed by atoms with Crippen LogP contribution in [0.3, 0.4) is 0 Å². The number of carbonyl (C=O) groups is 2. The molecule has 2 rings (SSSR count). The summed E-state index contributed by atoms with van der Waals surface area (Å²) in [5.74, 6) is -0.323. The van der Waals surface area contributed by atoms with Crippen molar-refractivity contribution in [2.24, 2.45) is 0 Å². The Morgan fingerprint density at radius 1 is 1.48 bits per heavy atom. The maximum atomic E-state index is 12.1. The summed E-state index contributed by atoms with van der Waals surface area (Å²) in [6, 6.07) is 7.35. The molecule has 1 aliphatic rings. The number of anilines is 1. The van der Waals surface area contributed by atoms with Gasteiger partial charge >= 0.3 is 0 Å². The second-order valence-corrected chi connectivity index (χ2v) is 6.01. The molecular formula is C15H19BrN2O3. The van der Waals surface area contributed by atoms with E-state index in [4.69, 9.17) is 4.74 Å². The molecule has 1 fully saturated rings. The Kier molecular flexibility index (Phi) is 5.76. The van der Waals surface area contributed by atoms with Crippen LogP contribution in [0, 0.1) is 0 Å². The van der Waals surface area contributed by atoms with E-state index in [1.165, 1.54) is 11.8 Å². The molecule has 0 saturated carbocycles. The van der Waals surface area contributed by atoms with Crippen LogP contribution in [-0.2, 0) is 14.3 Å². The van der Waals surface area contributed by atoms with Crippen LogP contribution in [0.5, 0.6) is 0 Å². The molecule has 21 heavy (non-hydrogen) atoms. The number of ether oxygens (including phenoxy) is 1. The summed E-state index contributed by atoms with van der Waals surface area (Å²) in [5.41, 5.74) is 0.704. The first-order valence-electron chi connectivity index (χ1n) is 6.97. The maximum absolute atomic E-state index is 12.1. The zero-order valence-electron chi connectivity index (χ0n) is 12.0. The Hall–Kier alpha value is -1.40. The highest BCUT2D eigenvalue weighted by Crippen LogP contribution is 2.16. The third kappa shape index (κ3) is 5.13. The van der Waals surface area contributed by atoms with E-state index in [0.29, 0.717) is 12.2 Å². The van der Waals surface area contributed by atoms with E-state index in [-0.39, 0.29) is 24.5 Å². The largest absolute Gasteiger partial charge is 0.376 e. The highest BCUT2D eigenvalue weighted by atomic mass is 79.9. The minimum absolute atomic E-state index is 0.0434. The molecule has 1 unspecified atom stereocenters. The number of halogens is 1. The molecule has 1 N–H and O–H groups in total. The van der Waals surface area contributed by atoms with E-state index >= 15 is 0 Å². The van der Waals surface area contributed by atoms with Crippen LogP contribution in [-0.4, -0.2) is 42.5 Å². The lowest BCUT2D eigenvalue weighted by atomic mass is 10.2. The highest BCUT2D eigenvalue weighted by Gasteiger charge is 2.22. The van der Waals surface area contributed by atoms with Crippen LogP contribution in [0.4, 0.5) is 5.69 Å². The molecule has 1 aliphatic heterocycles. The smallest absolute Gasteiger partial charge is 0.243 e. The Labute approximate surface area is 132 Å². The molecule has 1 aromatic carbocycles. The average Bonchev–Trinajstić information content (AvgIpc) is 2.90. The minimum atomic E-state index is -0.207. The molecule has 0 radical (unpaired) electrons. The fourth-order valence-electron chi connectivity index (χ4n) is 2.28. The summed E-state index contributed by atoms with van der Waals surface area (Å²) in [6.45, 7) is 2.73. The van der Waals surface area contributed by atoms with Gasteiger partial charge in [-0.3, -0.25) is 9.59 Å². The summed E-state index contributed by atoms with van der Waals surface area (Å²) in [6.07, 6.45) is 2.00. The molecule has 1 heterocycles. The molecule has 1 aromatic rings. The Bertz CT molecular complexity index is 515. The van der Waals surface area contributed by atoms with Gasteiger partial charge in [0.2, 0.25) is 11.8 Å². The molecule has 2 amide bonds. The van der Waals surface area contributed by atoms with E-state index < -0.39 is 0 Å². The van der Waals surface area contributed by atoms with Gasteiger partial charge in [-0.1, -0.05) is 22.0 Å². The molecule has 0 spiro atoms. The zero-order valence-corrected chi connectivity index (χ0v) is 13.6. The topological polar surface area (TPSA) is 58.6 Å². The van der Waals surface area contributed by atoms with Gasteiger partial charge in [0, 0.05) is 30.2 Å². The molecule has 0 aromatic heterocycles. The van der Waals surface area contributed by atoms with Crippen molar-refractivity contribution in [3.63, 3.8) is 0 Å². The molecule has 1 atom stereocenters. The predicted octanol–water partition coefficient (Wildman–Crippen LogP) is 2.42. The number of amides is 2. The van der Waals surface area contributed by atoms with Crippen LogP contribution in [0.1, 0.15) is 19.8 Å². The first-order chi connectivity index (χ1) is 10.0. The summed E-state index contributed by atoms with van der Waals surface area (Å²) >= 11 is 3.35. The van der Waals surface area contributed by atoms with Gasteiger partial charge in [-0.15, -0.1) is 0 Å². The van der Waals surface area contributed by atoms with Gasteiger partial charge < -0.3 is 15.0 Å². The van der Waals surface area contributed by atoms with Crippen molar-refractivity contribution in [2.75, 3.05) is 25.0 Å². The van der Waals surface area contributed by atoms with Gasteiger partial charge in [-0.2, -0.15) is 0 Å². The van der Waals surface area contributed by atoms with Gasteiger partial charge in [0.05, 0.1) is 12.6 Å². The van der Waals surface area contributed by atoms with Crippen LogP contribution in [0.25, 0.3) is 0 Å². The minimum Gasteiger partial charge on any atom is -0.376 e. The molecule has 6 heteroatoms. The third-order valence-corrected chi connectivity index (χ3v) is 3.83. The van der Waals surface area contributed by atoms with Crippen molar-refractivity contribution < 1.29 is 14.3 Å². The van der Waals surface area contributed by atoms with Gasteiger partial charge in [-0.05, 0) is 31.0 Å². The standard InChI is InChI=1S/C15H19BrN2O3/c1-11(19)18(9-14-6-3-7-21-14)10-15(20)17-13-5-2-4-12(16)8-13/h2,4-5,8,14H,3,6-7,9-10H2,1H3,(H,17,20). The van der Waals surface area contributed by atoms with Crippen molar-refractivity contribution in [2.45, 2.75) is 25.9 Å². The van der Waals surface area contributed by atoms with Crippen LogP contribution >= 0.6 is 15.9 Å². The molecule has 114 valence electrons. The van der Waals surface area contributed by atoms with Crippen LogP contribution in [0.15, 0.2) is 28.7 Å². The number of nitrogens with one attached hydrogen (secondary N) is 1. The Morgan fingerprint density at radius 3 is 2.90 bits per heavy atom. The van der Waals surface area contributed by atoms with E-state index in [9.17, 15) is 9.59 Å². The lowest BCUT2D eigenvalue weighted by molar-refractivity contribution is -0.134. The number of rotatable bonds is 5. The summed E-state index contributed by atoms with van der Waals surface area (Å²) in [5, 5.41) is 2.79. The van der Waals surface area contributed by atoms with Crippen LogP contribution in [0.2, 0.25) is 0 Å². The summed E-state index contributed by atoms with van der Waals surface area (Å²) in [7, 11) is 0. The van der Waals surface area contributed by atoms with E-state index in [1.807, 2.05) is 18.2 Å². The lowest BCUT2D eigenvalue weighted by Gasteiger charge is -2.23. The van der Waals surface area contributed by atoms with E-state index in [2.05, 4.69) is 21.2 Å². The zero-order chi connectivity index (χ0) is 15.2.